The fraction of sp³-hybridized carbons (Fsp3) is 0.750. The van der Waals surface area contributed by atoms with Crippen molar-refractivity contribution in [3.63, 3.8) is 0 Å². The predicted molar refractivity (Wildman–Crippen MR) is 102 cm³/mol. The van der Waals surface area contributed by atoms with Crippen LogP contribution in [-0.4, -0.2) is 64.4 Å². The lowest BCUT2D eigenvalue weighted by Crippen LogP contribution is -2.55. The number of piperidine rings is 2. The van der Waals surface area contributed by atoms with E-state index in [0.29, 0.717) is 17.9 Å². The van der Waals surface area contributed by atoms with Gasteiger partial charge in [0.15, 0.2) is 0 Å². The third-order valence-corrected chi connectivity index (χ3v) is 6.18. The van der Waals surface area contributed by atoms with Crippen LogP contribution >= 0.6 is 0 Å². The van der Waals surface area contributed by atoms with Crippen molar-refractivity contribution in [2.75, 3.05) is 37.6 Å². The van der Waals surface area contributed by atoms with E-state index in [9.17, 15) is 4.79 Å². The fourth-order valence-electron chi connectivity index (χ4n) is 4.87. The molecule has 2 atom stereocenters. The lowest BCUT2D eigenvalue weighted by atomic mass is 9.83. The Balaban J connectivity index is 1.34. The van der Waals surface area contributed by atoms with E-state index in [1.165, 1.54) is 18.4 Å². The van der Waals surface area contributed by atoms with Crippen LogP contribution in [0.1, 0.15) is 51.0 Å². The number of amides is 1. The molecule has 0 radical (unpaired) electrons. The molecule has 0 bridgehead atoms. The second kappa shape index (κ2) is 7.91. The van der Waals surface area contributed by atoms with Crippen LogP contribution in [0.3, 0.4) is 0 Å². The summed E-state index contributed by atoms with van der Waals surface area (Å²) in [7, 11) is 0. The van der Waals surface area contributed by atoms with Gasteiger partial charge in [0.25, 0.3) is 0 Å². The molecule has 4 heterocycles. The van der Waals surface area contributed by atoms with Crippen molar-refractivity contribution >= 4 is 11.9 Å². The number of rotatable bonds is 5. The molecule has 0 aliphatic carbocycles. The maximum atomic E-state index is 12.2. The molecule has 6 nitrogen and oxygen atoms in total. The van der Waals surface area contributed by atoms with Crippen LogP contribution in [0.25, 0.3) is 0 Å². The molecular formula is C20H31N5O. The smallest absolute Gasteiger partial charge is 0.225 e. The van der Waals surface area contributed by atoms with Gasteiger partial charge in [0.1, 0.15) is 0 Å². The monoisotopic (exact) mass is 357 g/mol. The third kappa shape index (κ3) is 3.70. The Morgan fingerprint density at radius 2 is 1.88 bits per heavy atom. The molecule has 1 aromatic rings. The number of carbonyl (C=O) groups is 1. The van der Waals surface area contributed by atoms with E-state index >= 15 is 0 Å². The summed E-state index contributed by atoms with van der Waals surface area (Å²) in [5, 5.41) is 0. The largest absolute Gasteiger partial charge is 0.341 e. The van der Waals surface area contributed by atoms with Gasteiger partial charge >= 0.3 is 0 Å². The van der Waals surface area contributed by atoms with Crippen molar-refractivity contribution in [3.8, 4) is 0 Å². The van der Waals surface area contributed by atoms with Gasteiger partial charge in [-0.25, -0.2) is 9.97 Å². The number of carbonyl (C=O) groups excluding carboxylic acids is 1. The van der Waals surface area contributed by atoms with Gasteiger partial charge in [-0.2, -0.15) is 0 Å². The molecule has 0 spiro atoms. The second-order valence-corrected chi connectivity index (χ2v) is 8.06. The van der Waals surface area contributed by atoms with E-state index in [1.54, 1.807) is 0 Å². The number of hydrogen-bond donors (Lipinski definition) is 0. The Kier molecular flexibility index (Phi) is 5.38. The first kappa shape index (κ1) is 17.7. The highest BCUT2D eigenvalue weighted by Gasteiger charge is 2.38. The van der Waals surface area contributed by atoms with Crippen LogP contribution in [-0.2, 0) is 11.3 Å². The van der Waals surface area contributed by atoms with Crippen molar-refractivity contribution in [2.24, 2.45) is 5.92 Å². The summed E-state index contributed by atoms with van der Waals surface area (Å²) < 4.78 is 0. The van der Waals surface area contributed by atoms with Gasteiger partial charge < -0.3 is 9.80 Å². The maximum Gasteiger partial charge on any atom is 0.225 e. The molecule has 1 amide bonds. The van der Waals surface area contributed by atoms with E-state index in [1.807, 2.05) is 12.4 Å². The molecule has 3 fully saturated rings. The molecule has 3 aliphatic rings. The average molecular weight is 358 g/mol. The molecule has 4 rings (SSSR count). The van der Waals surface area contributed by atoms with Crippen molar-refractivity contribution in [1.29, 1.82) is 0 Å². The summed E-state index contributed by atoms with van der Waals surface area (Å²) in [6.07, 6.45) is 10.4. The van der Waals surface area contributed by atoms with Gasteiger partial charge in [-0.3, -0.25) is 9.69 Å². The number of nitrogens with zero attached hydrogens (tertiary/aromatic N) is 5. The number of likely N-dealkylation sites (tertiary alicyclic amines) is 2. The molecule has 0 saturated carbocycles. The van der Waals surface area contributed by atoms with Crippen LogP contribution in [0.4, 0.5) is 5.95 Å². The minimum absolute atomic E-state index is 0.368. The Labute approximate surface area is 156 Å². The molecule has 3 aliphatic heterocycles. The average Bonchev–Trinajstić information content (AvgIpc) is 3.20. The lowest BCUT2D eigenvalue weighted by Gasteiger charge is -2.47. The molecule has 26 heavy (non-hydrogen) atoms. The minimum Gasteiger partial charge on any atom is -0.341 e. The highest BCUT2D eigenvalue weighted by Crippen LogP contribution is 2.32. The number of anilines is 1. The molecule has 3 saturated heterocycles. The Bertz CT molecular complexity index is 613. The van der Waals surface area contributed by atoms with Crippen LogP contribution in [0.5, 0.6) is 0 Å². The summed E-state index contributed by atoms with van der Waals surface area (Å²) in [6, 6.07) is 0.459. The lowest BCUT2D eigenvalue weighted by molar-refractivity contribution is -0.141. The van der Waals surface area contributed by atoms with Gasteiger partial charge in [0.2, 0.25) is 11.9 Å². The van der Waals surface area contributed by atoms with E-state index in [4.69, 9.17) is 0 Å². The summed E-state index contributed by atoms with van der Waals surface area (Å²) in [5.74, 6) is 1.87. The Hall–Kier alpha value is -1.69. The first-order valence-corrected chi connectivity index (χ1v) is 10.3. The van der Waals surface area contributed by atoms with Crippen LogP contribution < -0.4 is 4.90 Å². The Morgan fingerprint density at radius 3 is 2.62 bits per heavy atom. The van der Waals surface area contributed by atoms with E-state index < -0.39 is 0 Å². The molecular weight excluding hydrogens is 326 g/mol. The molecule has 0 N–H and O–H groups in total. The standard InChI is InChI=1S/C20H31N5O/c1-2-8-25-18-7-11-23(15-17(18)5-6-19(25)26)14-16-12-21-20(22-13-16)24-9-3-4-10-24/h12-13,17-18H,2-11,14-15H2,1H3/t17-,18+/m0/s1. The molecule has 0 aromatic carbocycles. The minimum atomic E-state index is 0.368. The van der Waals surface area contributed by atoms with Crippen LogP contribution in [0, 0.1) is 5.92 Å². The predicted octanol–water partition coefficient (Wildman–Crippen LogP) is 2.30. The van der Waals surface area contributed by atoms with Crippen molar-refractivity contribution < 1.29 is 4.79 Å². The first-order chi connectivity index (χ1) is 12.7. The Morgan fingerprint density at radius 1 is 1.12 bits per heavy atom. The fourth-order valence-corrected chi connectivity index (χ4v) is 4.87. The molecule has 142 valence electrons. The first-order valence-electron chi connectivity index (χ1n) is 10.3. The summed E-state index contributed by atoms with van der Waals surface area (Å²) in [5.41, 5.74) is 1.20. The van der Waals surface area contributed by atoms with Gasteiger partial charge in [0.05, 0.1) is 0 Å². The summed E-state index contributed by atoms with van der Waals surface area (Å²) >= 11 is 0. The number of aromatic nitrogens is 2. The van der Waals surface area contributed by atoms with Crippen molar-refractivity contribution in [2.45, 2.75) is 58.0 Å². The molecule has 6 heteroatoms. The van der Waals surface area contributed by atoms with E-state index in [-0.39, 0.29) is 0 Å². The van der Waals surface area contributed by atoms with Gasteiger partial charge in [0, 0.05) is 69.7 Å². The SMILES string of the molecule is CCCN1C(=O)CC[C@H]2CN(Cc3cnc(N4CCCC4)nc3)CC[C@H]21. The maximum absolute atomic E-state index is 12.2. The topological polar surface area (TPSA) is 52.6 Å². The second-order valence-electron chi connectivity index (χ2n) is 8.06. The highest BCUT2D eigenvalue weighted by molar-refractivity contribution is 5.77. The van der Waals surface area contributed by atoms with E-state index in [0.717, 1.165) is 70.9 Å². The zero-order valence-electron chi connectivity index (χ0n) is 15.9. The summed E-state index contributed by atoms with van der Waals surface area (Å²) in [4.78, 5) is 28.4. The zero-order valence-corrected chi connectivity index (χ0v) is 15.9. The molecule has 0 unspecified atom stereocenters. The summed E-state index contributed by atoms with van der Waals surface area (Å²) in [6.45, 7) is 8.33. The van der Waals surface area contributed by atoms with Gasteiger partial charge in [-0.05, 0) is 38.0 Å². The molecule has 1 aromatic heterocycles. The number of fused-ring (bicyclic) bond motifs is 1. The van der Waals surface area contributed by atoms with E-state index in [2.05, 4.69) is 31.6 Å². The van der Waals surface area contributed by atoms with Crippen LogP contribution in [0.15, 0.2) is 12.4 Å². The third-order valence-electron chi connectivity index (χ3n) is 6.18. The zero-order chi connectivity index (χ0) is 17.9. The highest BCUT2D eigenvalue weighted by atomic mass is 16.2. The van der Waals surface area contributed by atoms with Crippen molar-refractivity contribution in [1.82, 2.24) is 19.8 Å². The van der Waals surface area contributed by atoms with Gasteiger partial charge in [-0.15, -0.1) is 0 Å². The van der Waals surface area contributed by atoms with Crippen molar-refractivity contribution in [3.05, 3.63) is 18.0 Å². The normalized spacial score (nSPS) is 27.0. The van der Waals surface area contributed by atoms with Gasteiger partial charge in [-0.1, -0.05) is 6.92 Å². The van der Waals surface area contributed by atoms with Crippen LogP contribution in [0.2, 0.25) is 0 Å². The quantitative estimate of drug-likeness (QED) is 0.809. The number of hydrogen-bond acceptors (Lipinski definition) is 5.